The van der Waals surface area contributed by atoms with Crippen molar-refractivity contribution in [1.29, 1.82) is 0 Å². The Morgan fingerprint density at radius 1 is 0.638 bits per heavy atom. The normalized spacial score (nSPS) is 26.9. The largest absolute Gasteiger partial charge is 0.480 e. The summed E-state index contributed by atoms with van der Waals surface area (Å²) >= 11 is 1.83. The fourth-order valence-electron chi connectivity index (χ4n) is 14.7. The van der Waals surface area contributed by atoms with Gasteiger partial charge in [0.05, 0.1) is 38.0 Å². The zero-order valence-electron chi connectivity index (χ0n) is 60.4. The van der Waals surface area contributed by atoms with Gasteiger partial charge in [-0.3, -0.25) is 57.3 Å². The summed E-state index contributed by atoms with van der Waals surface area (Å²) in [5.41, 5.74) is 0. The monoisotopic (exact) mass is 1530 g/mol. The number of unbranched alkanes of at least 4 members (excludes halogenated alkanes) is 3. The Balaban J connectivity index is 1.02. The Labute approximate surface area is 613 Å². The summed E-state index contributed by atoms with van der Waals surface area (Å²) in [5, 5.41) is 75.6. The standard InChI is InChI=1S/C66H108N13O24PS/c1-34(2)28-38(56(87)72-41(32-101-104(98,99)100)61(92)77-25-12-16-43(77)58(89)71-40(30-80)64(95)96)70-57(88)44-17-14-26-78(44)62(93)46-19-15-27-79(46)63(94)51(36(5)102-65-53(68-37(6)82)55(86)54(85)47(31-81)103-65)74-59(90)45-18-13-24-76(45)60(91)39(29-35(3)4)69-50(84)22-8-7-11-23-67-49(83)21-10-9-20-48-52-42(33-105-48)73-66(97)75-52/h34-36,38-48,51-55,65,80-81,85-86H,7-33H2,1-6H3,(H,67,83)(H,68,82)(H,69,84)(H,70,88)(H,71,89)(H,72,87)(H,74,90)(H,95,96)(H2,73,75,97)(H2,98,99,100)/t36-,38+,39+,40+,41+,42+,43+,44+,45+,46+,47-,48+,51+,52+,53-,54-,55-,65-/m1/s1. The van der Waals surface area contributed by atoms with Gasteiger partial charge in [0.25, 0.3) is 0 Å². The SMILES string of the molecule is CC(=O)N[C@H]1[C@H](O[C@H](C)[C@H](NC(=O)[C@@H]2CCCN2C(=O)[C@H](CC(C)C)NC(=O)CCCCCNC(=O)CCCC[C@@H]2SC[C@@H]3NC(=O)N[C@@H]32)C(=O)N2CCC[C@H]2C(=O)N2CCC[C@H]2C(=O)N[C@@H](CC(C)C)C(=O)N[C@@H](COP(=O)(O)O)C(=O)N2CCC[C@H]2C(=O)N[C@@H](CO)C(=O)O)O[C@H](CO)[C@@H](O)[C@@H]1O. The first-order chi connectivity index (χ1) is 49.7. The van der Waals surface area contributed by atoms with Crippen LogP contribution in [0.25, 0.3) is 0 Å². The number of hydrogen-bond donors (Lipinski definition) is 16. The smallest absolute Gasteiger partial charge is 0.469 e. The molecule has 7 aliphatic heterocycles. The van der Waals surface area contributed by atoms with Crippen LogP contribution in [0, 0.1) is 11.8 Å². The second kappa shape index (κ2) is 39.8. The van der Waals surface area contributed by atoms with Crippen LogP contribution in [-0.2, 0) is 76.1 Å². The van der Waals surface area contributed by atoms with Crippen molar-refractivity contribution in [3.63, 3.8) is 0 Å². The lowest BCUT2D eigenvalue weighted by atomic mass is 9.96. The van der Waals surface area contributed by atoms with E-state index in [0.29, 0.717) is 50.3 Å². The number of amides is 13. The number of rotatable bonds is 38. The number of phosphoric acid groups is 1. The van der Waals surface area contributed by atoms with Crippen molar-refractivity contribution in [1.82, 2.24) is 67.5 Å². The quantitative estimate of drug-likeness (QED) is 0.0161. The summed E-state index contributed by atoms with van der Waals surface area (Å²) in [7, 11) is -5.32. The third-order valence-corrected chi connectivity index (χ3v) is 21.9. The maximum atomic E-state index is 15.5. The van der Waals surface area contributed by atoms with E-state index in [1.807, 2.05) is 25.6 Å². The van der Waals surface area contributed by atoms with Gasteiger partial charge in [0, 0.05) is 63.5 Å². The van der Waals surface area contributed by atoms with Gasteiger partial charge in [-0.15, -0.1) is 0 Å². The van der Waals surface area contributed by atoms with E-state index in [1.54, 1.807) is 13.8 Å². The van der Waals surface area contributed by atoms with Crippen LogP contribution in [0.15, 0.2) is 0 Å². The molecule has 0 aromatic heterocycles. The molecular weight excluding hydrogens is 1420 g/mol. The van der Waals surface area contributed by atoms with Gasteiger partial charge in [0.15, 0.2) is 6.29 Å². The lowest BCUT2D eigenvalue weighted by molar-refractivity contribution is -0.281. The number of hydrogen-bond acceptors (Lipinski definition) is 22. The number of carbonyl (C=O) groups is 13. The lowest BCUT2D eigenvalue weighted by Crippen LogP contribution is -2.66. The molecular formula is C66H108N13O24PS. The molecule has 0 unspecified atom stereocenters. The molecule has 0 bridgehead atoms. The highest BCUT2D eigenvalue weighted by atomic mass is 32.2. The van der Waals surface area contributed by atoms with Crippen LogP contribution in [0.4, 0.5) is 4.79 Å². The van der Waals surface area contributed by atoms with Crippen molar-refractivity contribution in [2.45, 2.75) is 266 Å². The molecule has 13 amide bonds. The number of aliphatic hydroxyl groups excluding tert-OH is 4. The zero-order valence-corrected chi connectivity index (χ0v) is 62.1. The van der Waals surface area contributed by atoms with Gasteiger partial charge in [-0.2, -0.15) is 11.8 Å². The summed E-state index contributed by atoms with van der Waals surface area (Å²) in [6, 6.07) is -14.4. The molecule has 39 heteroatoms. The minimum Gasteiger partial charge on any atom is -0.480 e. The van der Waals surface area contributed by atoms with Gasteiger partial charge >= 0.3 is 19.8 Å². The highest BCUT2D eigenvalue weighted by Crippen LogP contribution is 2.37. The molecule has 18 atom stereocenters. The van der Waals surface area contributed by atoms with Crippen LogP contribution in [0.1, 0.15) is 157 Å². The molecule has 7 heterocycles. The number of thioether (sulfide) groups is 1. The molecule has 16 N–H and O–H groups in total. The molecule has 105 heavy (non-hydrogen) atoms. The maximum absolute atomic E-state index is 15.5. The van der Waals surface area contributed by atoms with Crippen LogP contribution in [0.5, 0.6) is 0 Å². The van der Waals surface area contributed by atoms with Gasteiger partial charge in [0.2, 0.25) is 65.0 Å². The van der Waals surface area contributed by atoms with Gasteiger partial charge in [-0.1, -0.05) is 40.5 Å². The Morgan fingerprint density at radius 2 is 1.18 bits per heavy atom. The highest BCUT2D eigenvalue weighted by molar-refractivity contribution is 8.00. The summed E-state index contributed by atoms with van der Waals surface area (Å²) in [4.78, 5) is 202. The van der Waals surface area contributed by atoms with Crippen LogP contribution in [0.2, 0.25) is 0 Å². The zero-order chi connectivity index (χ0) is 77.1. The second-order valence-corrected chi connectivity index (χ2v) is 31.4. The van der Waals surface area contributed by atoms with Gasteiger partial charge in [0.1, 0.15) is 78.7 Å². The number of carboxylic acids is 1. The molecule has 0 aromatic rings. The average Bonchev–Trinajstić information content (AvgIpc) is 1.69. The number of ether oxygens (including phenoxy) is 2. The summed E-state index contributed by atoms with van der Waals surface area (Å²) in [6.07, 6.45) is -2.24. The van der Waals surface area contributed by atoms with Gasteiger partial charge in [-0.05, 0) is 109 Å². The minimum absolute atomic E-state index is 0.00587. The molecule has 0 saturated carbocycles. The van der Waals surface area contributed by atoms with E-state index in [9.17, 15) is 92.6 Å². The highest BCUT2D eigenvalue weighted by Gasteiger charge is 2.51. The molecule has 37 nitrogen and oxygen atoms in total. The molecule has 0 radical (unpaired) electrons. The van der Waals surface area contributed by atoms with Crippen molar-refractivity contribution in [2.24, 2.45) is 11.8 Å². The first kappa shape index (κ1) is 85.4. The van der Waals surface area contributed by atoms with Crippen molar-refractivity contribution in [3.05, 3.63) is 0 Å². The number of nitrogens with zero attached hydrogens (tertiary/aromatic N) is 4. The Hall–Kier alpha value is -6.87. The summed E-state index contributed by atoms with van der Waals surface area (Å²) in [5.74, 6) is -9.19. The molecule has 0 spiro atoms. The van der Waals surface area contributed by atoms with Crippen molar-refractivity contribution in [3.8, 4) is 0 Å². The lowest BCUT2D eigenvalue weighted by Gasteiger charge is -2.44. The number of urea groups is 1. The molecule has 0 aromatic carbocycles. The number of aliphatic hydroxyl groups is 4. The fraction of sp³-hybridized carbons (Fsp3) is 0.803. The molecule has 7 fully saturated rings. The summed E-state index contributed by atoms with van der Waals surface area (Å²) < 4.78 is 28.8. The molecule has 0 aliphatic carbocycles. The third kappa shape index (κ3) is 23.8. The first-order valence-electron chi connectivity index (χ1n) is 36.5. The Bertz CT molecular complexity index is 3140. The second-order valence-electron chi connectivity index (χ2n) is 28.9. The van der Waals surface area contributed by atoms with E-state index in [0.717, 1.165) is 30.4 Å². The number of aliphatic carboxylic acids is 1. The molecule has 7 saturated heterocycles. The number of carbonyl (C=O) groups excluding carboxylic acids is 12. The Morgan fingerprint density at radius 3 is 1.76 bits per heavy atom. The van der Waals surface area contributed by atoms with Gasteiger partial charge in [-0.25, -0.2) is 14.2 Å². The molecule has 7 aliphatic rings. The van der Waals surface area contributed by atoms with E-state index >= 15 is 9.59 Å². The van der Waals surface area contributed by atoms with Crippen molar-refractivity contribution in [2.75, 3.05) is 58.3 Å². The number of phosphoric ester groups is 1. The topological polar surface area (TPSA) is 530 Å². The Kier molecular flexibility index (Phi) is 32.4. The van der Waals surface area contributed by atoms with Crippen molar-refractivity contribution < 1.29 is 116 Å². The van der Waals surface area contributed by atoms with E-state index in [4.69, 9.17) is 9.47 Å². The van der Waals surface area contributed by atoms with E-state index < -0.39 is 184 Å². The van der Waals surface area contributed by atoms with E-state index in [2.05, 4.69) is 52.4 Å². The predicted molar refractivity (Wildman–Crippen MR) is 372 cm³/mol. The van der Waals surface area contributed by atoms with Gasteiger partial charge < -0.3 is 112 Å². The van der Waals surface area contributed by atoms with Crippen LogP contribution >= 0.6 is 19.6 Å². The van der Waals surface area contributed by atoms with Crippen LogP contribution in [0.3, 0.4) is 0 Å². The first-order valence-corrected chi connectivity index (χ1v) is 39.1. The fourth-order valence-corrected chi connectivity index (χ4v) is 16.5. The number of likely N-dealkylation sites (tertiary alicyclic amines) is 4. The minimum atomic E-state index is -5.32. The maximum Gasteiger partial charge on any atom is 0.469 e. The number of fused-ring (bicyclic) bond motifs is 1. The summed E-state index contributed by atoms with van der Waals surface area (Å²) in [6.45, 7) is 6.97. The van der Waals surface area contributed by atoms with Crippen molar-refractivity contribution >= 4 is 96.6 Å². The number of nitrogens with one attached hydrogen (secondary N) is 9. The third-order valence-electron chi connectivity index (χ3n) is 20.0. The average molecular weight is 1530 g/mol. The van der Waals surface area contributed by atoms with Crippen LogP contribution in [-0.4, -0.2) is 299 Å². The predicted octanol–water partition coefficient (Wildman–Crippen LogP) is -3.60. The van der Waals surface area contributed by atoms with E-state index in [-0.39, 0.29) is 126 Å². The van der Waals surface area contributed by atoms with Crippen LogP contribution < -0.4 is 47.9 Å². The molecule has 592 valence electrons. The number of carboxylic acid groups (broad SMARTS) is 1. The van der Waals surface area contributed by atoms with E-state index in [1.165, 1.54) is 21.6 Å². The molecule has 7 rings (SSSR count).